The second-order valence-corrected chi connectivity index (χ2v) is 13.1. The summed E-state index contributed by atoms with van der Waals surface area (Å²) in [6, 6.07) is 45.6. The lowest BCUT2D eigenvalue weighted by Crippen LogP contribution is -1.90. The number of nitrogens with one attached hydrogen (secondary N) is 1. The summed E-state index contributed by atoms with van der Waals surface area (Å²) in [5.41, 5.74) is 11.2. The largest absolute Gasteiger partial charge is 0.354 e. The Morgan fingerprint density at radius 3 is 1.05 bits per heavy atom. The third kappa shape index (κ3) is 6.15. The van der Waals surface area contributed by atoms with Crippen molar-refractivity contribution in [1.82, 2.24) is 15.0 Å². The minimum Gasteiger partial charge on any atom is -0.354 e. The summed E-state index contributed by atoms with van der Waals surface area (Å²) in [5.74, 6) is 0. The number of hydrogen-bond acceptors (Lipinski definition) is 6. The third-order valence-electron chi connectivity index (χ3n) is 9.85. The Labute approximate surface area is 314 Å². The van der Waals surface area contributed by atoms with Crippen LogP contribution in [0.2, 0.25) is 0 Å². The van der Waals surface area contributed by atoms with Gasteiger partial charge in [0.1, 0.15) is 0 Å². The molecule has 0 aliphatic carbocycles. The predicted octanol–water partition coefficient (Wildman–Crippen LogP) is 11.8. The molecule has 5 heterocycles. The molecule has 2 aliphatic rings. The number of nitro groups is 2. The van der Waals surface area contributed by atoms with Gasteiger partial charge in [0.05, 0.1) is 32.6 Å². The molecule has 0 spiro atoms. The lowest BCUT2D eigenvalue weighted by atomic mass is 9.97. The quantitative estimate of drug-likeness (QED) is 0.135. The second kappa shape index (κ2) is 13.6. The highest BCUT2D eigenvalue weighted by Crippen LogP contribution is 2.38. The predicted molar refractivity (Wildman–Crippen MR) is 220 cm³/mol. The molecule has 0 fully saturated rings. The van der Waals surface area contributed by atoms with Crippen LogP contribution in [0.1, 0.15) is 22.8 Å². The monoisotopic (exact) mass is 715 g/mol. The lowest BCUT2D eigenvalue weighted by Gasteiger charge is -2.08. The Morgan fingerprint density at radius 1 is 0.382 bits per heavy atom. The molecule has 0 radical (unpaired) electrons. The lowest BCUT2D eigenvalue weighted by molar-refractivity contribution is -0.385. The van der Waals surface area contributed by atoms with Gasteiger partial charge in [-0.05, 0) is 93.7 Å². The van der Waals surface area contributed by atoms with Crippen molar-refractivity contribution in [2.45, 2.75) is 0 Å². The van der Waals surface area contributed by atoms with Gasteiger partial charge in [0.2, 0.25) is 0 Å². The van der Waals surface area contributed by atoms with Crippen LogP contribution in [0.4, 0.5) is 11.4 Å². The topological polar surface area (TPSA) is 128 Å². The third-order valence-corrected chi connectivity index (χ3v) is 9.85. The average molecular weight is 716 g/mol. The fraction of sp³-hybridized carbons (Fsp3) is 0. The number of non-ortho nitro benzene ring substituents is 2. The first-order valence-corrected chi connectivity index (χ1v) is 17.6. The zero-order chi connectivity index (χ0) is 37.5. The fourth-order valence-corrected chi connectivity index (χ4v) is 7.29. The van der Waals surface area contributed by atoms with Crippen molar-refractivity contribution in [2.24, 2.45) is 0 Å². The first-order chi connectivity index (χ1) is 26.9. The van der Waals surface area contributed by atoms with Crippen LogP contribution in [0.15, 0.2) is 146 Å². The number of aromatic amines is 1. The zero-order valence-corrected chi connectivity index (χ0v) is 29.1. The van der Waals surface area contributed by atoms with Gasteiger partial charge in [-0.3, -0.25) is 20.2 Å². The first-order valence-electron chi connectivity index (χ1n) is 17.6. The smallest absolute Gasteiger partial charge is 0.269 e. The van der Waals surface area contributed by atoms with Crippen molar-refractivity contribution < 1.29 is 9.85 Å². The summed E-state index contributed by atoms with van der Waals surface area (Å²) in [6.45, 7) is 0. The molecule has 0 atom stereocenters. The van der Waals surface area contributed by atoms with Crippen LogP contribution in [-0.4, -0.2) is 24.8 Å². The van der Waals surface area contributed by atoms with Crippen molar-refractivity contribution in [2.75, 3.05) is 0 Å². The molecule has 2 aliphatic heterocycles. The van der Waals surface area contributed by atoms with E-state index in [0.29, 0.717) is 11.4 Å². The van der Waals surface area contributed by atoms with Crippen molar-refractivity contribution in [1.29, 1.82) is 0 Å². The van der Waals surface area contributed by atoms with Crippen molar-refractivity contribution in [3.8, 4) is 44.5 Å². The first kappa shape index (κ1) is 33.1. The highest BCUT2D eigenvalue weighted by atomic mass is 16.6. The molecule has 9 heteroatoms. The maximum absolute atomic E-state index is 11.6. The van der Waals surface area contributed by atoms with Crippen LogP contribution >= 0.6 is 0 Å². The van der Waals surface area contributed by atoms with Gasteiger partial charge in [-0.1, -0.05) is 84.9 Å². The molecule has 262 valence electrons. The Morgan fingerprint density at radius 2 is 0.709 bits per heavy atom. The van der Waals surface area contributed by atoms with Crippen LogP contribution < -0.4 is 0 Å². The van der Waals surface area contributed by atoms with Gasteiger partial charge in [-0.15, -0.1) is 0 Å². The van der Waals surface area contributed by atoms with Gasteiger partial charge in [-0.2, -0.15) is 0 Å². The zero-order valence-electron chi connectivity index (χ0n) is 29.1. The molecule has 9 nitrogen and oxygen atoms in total. The molecule has 8 bridgehead atoms. The summed E-state index contributed by atoms with van der Waals surface area (Å²) in [6.07, 6.45) is 7.96. The standard InChI is InChI=1S/C46H29N5O4/c52-50(53)35-19-15-33(16-20-35)45-39-25-23-37(47-39)43(29-7-3-1-4-8-29)31-11-13-32(14-12-31)44(30-9-5-2-6-10-30)38-24-26-40(48-38)46(42-28-27-41(45)49-42)34-17-21-36(22-18-34)51(54)55/h1-28,49H. The molecule has 1 N–H and O–H groups in total. The van der Waals surface area contributed by atoms with Crippen molar-refractivity contribution >= 4 is 57.5 Å². The highest BCUT2D eigenvalue weighted by molar-refractivity contribution is 6.00. The molecule has 0 unspecified atom stereocenters. The van der Waals surface area contributed by atoms with Gasteiger partial charge in [0.15, 0.2) is 0 Å². The van der Waals surface area contributed by atoms with Gasteiger partial charge in [0, 0.05) is 57.6 Å². The molecule has 0 saturated carbocycles. The van der Waals surface area contributed by atoms with E-state index in [1.165, 1.54) is 24.3 Å². The van der Waals surface area contributed by atoms with E-state index >= 15 is 0 Å². The van der Waals surface area contributed by atoms with Crippen LogP contribution in [-0.2, 0) is 0 Å². The molecule has 8 aromatic rings. The normalized spacial score (nSPS) is 11.8. The second-order valence-electron chi connectivity index (χ2n) is 13.1. The number of aromatic nitrogens is 3. The van der Waals surface area contributed by atoms with Crippen LogP contribution in [0, 0.1) is 20.2 Å². The average Bonchev–Trinajstić information content (AvgIpc) is 4.01. The summed E-state index contributed by atoms with van der Waals surface area (Å²) >= 11 is 0. The van der Waals surface area contributed by atoms with E-state index < -0.39 is 9.85 Å². The molecular formula is C46H29N5O4. The van der Waals surface area contributed by atoms with E-state index in [-0.39, 0.29) is 11.4 Å². The molecule has 0 saturated heterocycles. The highest BCUT2D eigenvalue weighted by Gasteiger charge is 2.19. The van der Waals surface area contributed by atoms with Gasteiger partial charge in [0.25, 0.3) is 11.4 Å². The molecule has 0 amide bonds. The number of fused-ring (bicyclic) bond motifs is 2. The number of benzene rings is 5. The summed E-state index contributed by atoms with van der Waals surface area (Å²) in [5, 5.41) is 25.2. The van der Waals surface area contributed by atoms with E-state index in [1.807, 2.05) is 72.8 Å². The fourth-order valence-electron chi connectivity index (χ4n) is 7.29. The number of nitrogens with zero attached hydrogens (tertiary/aromatic N) is 4. The van der Waals surface area contributed by atoms with Gasteiger partial charge in [-0.25, -0.2) is 9.97 Å². The minimum atomic E-state index is -0.415. The SMILES string of the molecule is O=[N+]([O-])c1ccc(-c2c3nc(c(-c4ccccc4)c4ccc(cc4)c(-c4ccccc4)c4nc(c(-c5ccc([N+](=O)[O-])cc5)c5ccc2[nH]5)C=C4)C=C3)cc1. The van der Waals surface area contributed by atoms with Crippen LogP contribution in [0.3, 0.4) is 0 Å². The summed E-state index contributed by atoms with van der Waals surface area (Å²) in [4.78, 5) is 36.5. The number of hydrogen-bond donors (Lipinski definition) is 1. The Kier molecular flexibility index (Phi) is 8.21. The van der Waals surface area contributed by atoms with Gasteiger partial charge >= 0.3 is 0 Å². The van der Waals surface area contributed by atoms with Crippen molar-refractivity contribution in [3.05, 3.63) is 189 Å². The number of nitro benzene ring substituents is 2. The summed E-state index contributed by atoms with van der Waals surface area (Å²) < 4.78 is 0. The van der Waals surface area contributed by atoms with Crippen LogP contribution in [0.5, 0.6) is 0 Å². The summed E-state index contributed by atoms with van der Waals surface area (Å²) in [7, 11) is 0. The molecule has 10 rings (SSSR count). The van der Waals surface area contributed by atoms with E-state index in [2.05, 4.69) is 53.5 Å². The maximum Gasteiger partial charge on any atom is 0.269 e. The molecule has 5 aromatic carbocycles. The Hall–Kier alpha value is -7.78. The Balaban J connectivity index is 1.44. The van der Waals surface area contributed by atoms with E-state index in [1.54, 1.807) is 24.3 Å². The van der Waals surface area contributed by atoms with Gasteiger partial charge < -0.3 is 4.98 Å². The number of H-pyrrole nitrogens is 1. The van der Waals surface area contributed by atoms with Crippen LogP contribution in [0.25, 0.3) is 90.6 Å². The molecule has 55 heavy (non-hydrogen) atoms. The molecule has 3 aromatic heterocycles. The minimum absolute atomic E-state index is 0.0151. The number of rotatable bonds is 6. The maximum atomic E-state index is 11.6. The molecular weight excluding hydrogens is 687 g/mol. The van der Waals surface area contributed by atoms with Crippen molar-refractivity contribution in [3.63, 3.8) is 0 Å². The van der Waals surface area contributed by atoms with E-state index in [9.17, 15) is 20.2 Å². The van der Waals surface area contributed by atoms with E-state index in [0.717, 1.165) is 77.7 Å². The Bertz CT molecular complexity index is 2680. The van der Waals surface area contributed by atoms with E-state index in [4.69, 9.17) is 9.97 Å².